The number of hydrogen-bond donors (Lipinski definition) is 1. The summed E-state index contributed by atoms with van der Waals surface area (Å²) in [4.78, 5) is 10.9. The van der Waals surface area contributed by atoms with E-state index in [9.17, 15) is 13.2 Å². The number of carboxylic acids is 1. The second-order valence-electron chi connectivity index (χ2n) is 4.45. The van der Waals surface area contributed by atoms with E-state index in [2.05, 4.69) is 0 Å². The molecule has 1 fully saturated rings. The largest absolute Gasteiger partial charge is 0.481 e. The Hall–Kier alpha value is -1.11. The molecule has 0 amide bonds. The summed E-state index contributed by atoms with van der Waals surface area (Å²) >= 11 is 5.97. The van der Waals surface area contributed by atoms with Gasteiger partial charge >= 0.3 is 5.97 Å². The highest BCUT2D eigenvalue weighted by Gasteiger charge is 2.35. The van der Waals surface area contributed by atoms with Crippen LogP contribution in [0.4, 0.5) is 0 Å². The van der Waals surface area contributed by atoms with Crippen molar-refractivity contribution in [3.63, 3.8) is 0 Å². The van der Waals surface area contributed by atoms with Gasteiger partial charge in [-0.25, -0.2) is 8.42 Å². The van der Waals surface area contributed by atoms with Crippen LogP contribution in [-0.2, 0) is 19.4 Å². The molecule has 0 saturated carbocycles. The van der Waals surface area contributed by atoms with Crippen LogP contribution in [0.2, 0.25) is 5.02 Å². The number of halogens is 1. The van der Waals surface area contributed by atoms with E-state index in [1.165, 1.54) is 25.1 Å². The third-order valence-corrected chi connectivity index (χ3v) is 5.72. The molecular formula is C12H13ClO5S. The molecule has 1 heterocycles. The maximum Gasteiger partial charge on any atom is 0.310 e. The van der Waals surface area contributed by atoms with Crippen LogP contribution < -0.4 is 0 Å². The van der Waals surface area contributed by atoms with Gasteiger partial charge < -0.3 is 9.84 Å². The van der Waals surface area contributed by atoms with E-state index in [-0.39, 0.29) is 23.1 Å². The number of ether oxygens (including phenoxy) is 1. The summed E-state index contributed by atoms with van der Waals surface area (Å²) in [5.74, 6) is -1.72. The second-order valence-corrected chi connectivity index (χ2v) is 7.06. The molecule has 1 unspecified atom stereocenters. The molecule has 1 aromatic carbocycles. The lowest BCUT2D eigenvalue weighted by atomic mass is 10.0. The van der Waals surface area contributed by atoms with E-state index >= 15 is 0 Å². The molecule has 1 saturated heterocycles. The van der Waals surface area contributed by atoms with Crippen molar-refractivity contribution >= 4 is 27.4 Å². The van der Waals surface area contributed by atoms with Crippen molar-refractivity contribution in [2.24, 2.45) is 0 Å². The molecule has 0 radical (unpaired) electrons. The first-order valence-corrected chi connectivity index (χ1v) is 7.60. The average Bonchev–Trinajstić information content (AvgIpc) is 2.24. The zero-order valence-corrected chi connectivity index (χ0v) is 11.7. The minimum atomic E-state index is -3.50. The zero-order valence-electron chi connectivity index (χ0n) is 10.2. The lowest BCUT2D eigenvalue weighted by molar-refractivity contribution is -0.138. The number of sulfone groups is 1. The Bertz CT molecular complexity index is 607. The molecular weight excluding hydrogens is 292 g/mol. The third-order valence-electron chi connectivity index (χ3n) is 3.18. The molecule has 1 aliphatic rings. The third kappa shape index (κ3) is 2.61. The number of rotatable bonds is 4. The summed E-state index contributed by atoms with van der Waals surface area (Å²) in [6.07, 6.45) is 0. The molecule has 1 N–H and O–H groups in total. The molecule has 0 spiro atoms. The number of benzene rings is 1. The minimum absolute atomic E-state index is 0.0313. The maximum absolute atomic E-state index is 12.2. The van der Waals surface area contributed by atoms with Crippen molar-refractivity contribution in [3.8, 4) is 0 Å². The Morgan fingerprint density at radius 2 is 2.11 bits per heavy atom. The van der Waals surface area contributed by atoms with Gasteiger partial charge in [0.05, 0.1) is 29.0 Å². The SMILES string of the molecule is CC(C(=O)O)c1ccc(S(=O)(=O)C2COC2)c(Cl)c1. The summed E-state index contributed by atoms with van der Waals surface area (Å²) in [5, 5.41) is 8.40. The van der Waals surface area contributed by atoms with Gasteiger partial charge in [-0.15, -0.1) is 0 Å². The molecule has 7 heteroatoms. The van der Waals surface area contributed by atoms with E-state index in [4.69, 9.17) is 21.4 Å². The van der Waals surface area contributed by atoms with Crippen LogP contribution in [0.1, 0.15) is 18.4 Å². The fraction of sp³-hybridized carbons (Fsp3) is 0.417. The van der Waals surface area contributed by atoms with E-state index in [0.29, 0.717) is 5.56 Å². The monoisotopic (exact) mass is 304 g/mol. The molecule has 1 aromatic rings. The number of carboxylic acid groups (broad SMARTS) is 1. The fourth-order valence-electron chi connectivity index (χ4n) is 1.73. The van der Waals surface area contributed by atoms with E-state index in [1.54, 1.807) is 0 Å². The Morgan fingerprint density at radius 1 is 1.47 bits per heavy atom. The van der Waals surface area contributed by atoms with Crippen molar-refractivity contribution in [2.45, 2.75) is 23.0 Å². The Balaban J connectivity index is 2.37. The van der Waals surface area contributed by atoms with E-state index in [0.717, 1.165) is 0 Å². The van der Waals surface area contributed by atoms with Gasteiger partial charge in [0.2, 0.25) is 0 Å². The van der Waals surface area contributed by atoms with Crippen LogP contribution in [-0.4, -0.2) is 38.0 Å². The van der Waals surface area contributed by atoms with Crippen LogP contribution in [0.25, 0.3) is 0 Å². The van der Waals surface area contributed by atoms with Gasteiger partial charge in [0.1, 0.15) is 5.25 Å². The predicted octanol–water partition coefficient (Wildman–Crippen LogP) is 1.70. The minimum Gasteiger partial charge on any atom is -0.481 e. The van der Waals surface area contributed by atoms with Crippen LogP contribution in [0.3, 0.4) is 0 Å². The van der Waals surface area contributed by atoms with Crippen molar-refractivity contribution < 1.29 is 23.1 Å². The van der Waals surface area contributed by atoms with Crippen molar-refractivity contribution in [3.05, 3.63) is 28.8 Å². The fourth-order valence-corrected chi connectivity index (χ4v) is 3.74. The molecule has 1 aliphatic heterocycles. The first-order chi connectivity index (χ1) is 8.84. The lowest BCUT2D eigenvalue weighted by Crippen LogP contribution is -2.40. The standard InChI is InChI=1S/C12H13ClO5S/c1-7(12(14)15)8-2-3-11(10(13)4-8)19(16,17)9-5-18-6-9/h2-4,7,9H,5-6H2,1H3,(H,14,15). The highest BCUT2D eigenvalue weighted by molar-refractivity contribution is 7.92. The van der Waals surface area contributed by atoms with Gasteiger partial charge in [0.15, 0.2) is 9.84 Å². The number of carbonyl (C=O) groups is 1. The van der Waals surface area contributed by atoms with Crippen molar-refractivity contribution in [1.29, 1.82) is 0 Å². The molecule has 0 aliphatic carbocycles. The van der Waals surface area contributed by atoms with Crippen LogP contribution >= 0.6 is 11.6 Å². The summed E-state index contributed by atoms with van der Waals surface area (Å²) < 4.78 is 29.2. The molecule has 2 rings (SSSR count). The maximum atomic E-state index is 12.2. The van der Waals surface area contributed by atoms with Gasteiger partial charge in [-0.2, -0.15) is 0 Å². The summed E-state index contributed by atoms with van der Waals surface area (Å²) in [6, 6.07) is 4.24. The predicted molar refractivity (Wildman–Crippen MR) is 69.3 cm³/mol. The van der Waals surface area contributed by atoms with Crippen molar-refractivity contribution in [2.75, 3.05) is 13.2 Å². The average molecular weight is 305 g/mol. The van der Waals surface area contributed by atoms with Crippen LogP contribution in [0.5, 0.6) is 0 Å². The quantitative estimate of drug-likeness (QED) is 0.915. The Kier molecular flexibility index (Phi) is 3.85. The van der Waals surface area contributed by atoms with Gasteiger partial charge in [-0.3, -0.25) is 4.79 Å². The summed E-state index contributed by atoms with van der Waals surface area (Å²) in [6.45, 7) is 1.86. The number of hydrogen-bond acceptors (Lipinski definition) is 4. The Labute approximate surface area is 116 Å². The molecule has 0 aromatic heterocycles. The van der Waals surface area contributed by atoms with Crippen LogP contribution in [0.15, 0.2) is 23.1 Å². The Morgan fingerprint density at radius 3 is 2.53 bits per heavy atom. The van der Waals surface area contributed by atoms with Gasteiger partial charge in [-0.1, -0.05) is 17.7 Å². The lowest BCUT2D eigenvalue weighted by Gasteiger charge is -2.26. The van der Waals surface area contributed by atoms with Gasteiger partial charge in [0.25, 0.3) is 0 Å². The molecule has 0 bridgehead atoms. The highest BCUT2D eigenvalue weighted by Crippen LogP contribution is 2.30. The number of aliphatic carboxylic acids is 1. The molecule has 5 nitrogen and oxygen atoms in total. The smallest absolute Gasteiger partial charge is 0.310 e. The molecule has 1 atom stereocenters. The van der Waals surface area contributed by atoms with Gasteiger partial charge in [-0.05, 0) is 24.6 Å². The first-order valence-electron chi connectivity index (χ1n) is 5.68. The van der Waals surface area contributed by atoms with Gasteiger partial charge in [0, 0.05) is 0 Å². The zero-order chi connectivity index (χ0) is 14.2. The molecule has 19 heavy (non-hydrogen) atoms. The summed E-state index contributed by atoms with van der Waals surface area (Å²) in [5.41, 5.74) is 0.473. The topological polar surface area (TPSA) is 80.7 Å². The van der Waals surface area contributed by atoms with Crippen molar-refractivity contribution in [1.82, 2.24) is 0 Å². The second kappa shape index (κ2) is 5.11. The summed E-state index contributed by atoms with van der Waals surface area (Å²) in [7, 11) is -3.50. The van der Waals surface area contributed by atoms with E-state index in [1.807, 2.05) is 0 Å². The first kappa shape index (κ1) is 14.3. The normalized spacial score (nSPS) is 17.8. The molecule has 104 valence electrons. The van der Waals surface area contributed by atoms with Crippen LogP contribution in [0, 0.1) is 0 Å². The van der Waals surface area contributed by atoms with E-state index < -0.39 is 27.0 Å². The highest BCUT2D eigenvalue weighted by atomic mass is 35.5.